The van der Waals surface area contributed by atoms with E-state index in [1.807, 2.05) is 54.6 Å². The van der Waals surface area contributed by atoms with Gasteiger partial charge >= 0.3 is 0 Å². The molecule has 0 unspecified atom stereocenters. The van der Waals surface area contributed by atoms with Crippen molar-refractivity contribution in [2.75, 3.05) is 0 Å². The van der Waals surface area contributed by atoms with E-state index in [-0.39, 0.29) is 18.4 Å². The maximum absolute atomic E-state index is 10.1. The van der Waals surface area contributed by atoms with Gasteiger partial charge in [0.05, 0.1) is 12.1 Å². The highest BCUT2D eigenvalue weighted by molar-refractivity contribution is 5.85. The Morgan fingerprint density at radius 2 is 1.59 bits per heavy atom. The molecule has 120 valence electrons. The Bertz CT molecular complexity index is 531. The van der Waals surface area contributed by atoms with Gasteiger partial charge in [-0.3, -0.25) is 0 Å². The first-order chi connectivity index (χ1) is 10.2. The molecular weight excluding hydrogens is 298 g/mol. The lowest BCUT2D eigenvalue weighted by Gasteiger charge is -2.19. The number of hydrogen-bond donors (Lipinski definition) is 2. The highest BCUT2D eigenvalue weighted by Crippen LogP contribution is 2.24. The Morgan fingerprint density at radius 3 is 2.18 bits per heavy atom. The first-order valence-corrected chi connectivity index (χ1v) is 7.47. The van der Waals surface area contributed by atoms with Crippen molar-refractivity contribution in [1.82, 2.24) is 0 Å². The zero-order valence-electron chi connectivity index (χ0n) is 12.8. The third-order valence-corrected chi connectivity index (χ3v) is 3.51. The average Bonchev–Trinajstić information content (AvgIpc) is 2.53. The van der Waals surface area contributed by atoms with E-state index in [4.69, 9.17) is 10.5 Å². The van der Waals surface area contributed by atoms with E-state index in [0.717, 1.165) is 36.3 Å². The molecule has 22 heavy (non-hydrogen) atoms. The van der Waals surface area contributed by atoms with Gasteiger partial charge in [-0.25, -0.2) is 0 Å². The summed E-state index contributed by atoms with van der Waals surface area (Å²) in [6.07, 6.45) is 2.29. The fraction of sp³-hybridized carbons (Fsp3) is 0.333. The molecule has 0 saturated carbocycles. The molecule has 2 aromatic carbocycles. The molecule has 0 bridgehead atoms. The van der Waals surface area contributed by atoms with Crippen molar-refractivity contribution in [3.8, 4) is 11.5 Å². The standard InChI is InChI=1S/C18H23NO2.ClH/c1-2-3-9-17(20)18(19)14-10-12-16(13-11-14)21-15-7-5-4-6-8-15;/h4-8,10-13,17-18,20H,2-3,9,19H2,1H3;1H/t17-,18+;/m1./s1. The van der Waals surface area contributed by atoms with Gasteiger partial charge < -0.3 is 15.6 Å². The maximum Gasteiger partial charge on any atom is 0.127 e. The van der Waals surface area contributed by atoms with Crippen LogP contribution in [0.15, 0.2) is 54.6 Å². The van der Waals surface area contributed by atoms with Crippen LogP contribution in [-0.2, 0) is 0 Å². The van der Waals surface area contributed by atoms with Gasteiger partial charge in [0.1, 0.15) is 11.5 Å². The zero-order valence-corrected chi connectivity index (χ0v) is 13.6. The molecule has 0 aliphatic carbocycles. The van der Waals surface area contributed by atoms with Crippen LogP contribution in [0, 0.1) is 0 Å². The van der Waals surface area contributed by atoms with Crippen LogP contribution in [-0.4, -0.2) is 11.2 Å². The fourth-order valence-corrected chi connectivity index (χ4v) is 2.20. The molecule has 3 nitrogen and oxygen atoms in total. The molecule has 0 amide bonds. The Kier molecular flexibility index (Phi) is 7.96. The average molecular weight is 322 g/mol. The van der Waals surface area contributed by atoms with Gasteiger partial charge in [-0.2, -0.15) is 0 Å². The summed E-state index contributed by atoms with van der Waals surface area (Å²) < 4.78 is 5.74. The molecule has 0 aromatic heterocycles. The third-order valence-electron chi connectivity index (χ3n) is 3.51. The predicted octanol–water partition coefficient (Wildman–Crippen LogP) is 4.45. The number of aliphatic hydroxyl groups is 1. The van der Waals surface area contributed by atoms with Crippen LogP contribution in [0.1, 0.15) is 37.8 Å². The molecule has 2 aromatic rings. The van der Waals surface area contributed by atoms with Gasteiger partial charge in [0.15, 0.2) is 0 Å². The predicted molar refractivity (Wildman–Crippen MR) is 92.7 cm³/mol. The second-order valence-electron chi connectivity index (χ2n) is 5.22. The normalized spacial score (nSPS) is 13.0. The van der Waals surface area contributed by atoms with E-state index in [0.29, 0.717) is 0 Å². The molecule has 0 radical (unpaired) electrons. The van der Waals surface area contributed by atoms with Crippen molar-refractivity contribution in [1.29, 1.82) is 0 Å². The molecule has 2 rings (SSSR count). The number of rotatable bonds is 7. The lowest BCUT2D eigenvalue weighted by atomic mass is 9.98. The van der Waals surface area contributed by atoms with Gasteiger partial charge in [-0.15, -0.1) is 12.4 Å². The van der Waals surface area contributed by atoms with Crippen molar-refractivity contribution in [2.24, 2.45) is 5.73 Å². The second-order valence-corrected chi connectivity index (χ2v) is 5.22. The maximum atomic E-state index is 10.1. The number of para-hydroxylation sites is 1. The topological polar surface area (TPSA) is 55.5 Å². The molecule has 4 heteroatoms. The molecule has 3 N–H and O–H groups in total. The zero-order chi connectivity index (χ0) is 15.1. The van der Waals surface area contributed by atoms with Gasteiger partial charge in [0.2, 0.25) is 0 Å². The van der Waals surface area contributed by atoms with Crippen molar-refractivity contribution < 1.29 is 9.84 Å². The quantitative estimate of drug-likeness (QED) is 0.792. The SMILES string of the molecule is CCCC[C@@H](O)[C@@H](N)c1ccc(Oc2ccccc2)cc1.Cl. The van der Waals surface area contributed by atoms with Crippen LogP contribution in [0.4, 0.5) is 0 Å². The molecule has 0 aliphatic rings. The number of ether oxygens (including phenoxy) is 1. The molecule has 0 aliphatic heterocycles. The van der Waals surface area contributed by atoms with Crippen molar-refractivity contribution in [3.63, 3.8) is 0 Å². The number of hydrogen-bond acceptors (Lipinski definition) is 3. The Morgan fingerprint density at radius 1 is 1.00 bits per heavy atom. The summed E-state index contributed by atoms with van der Waals surface area (Å²) in [6.45, 7) is 2.11. The van der Waals surface area contributed by atoms with Gasteiger partial charge in [0.25, 0.3) is 0 Å². The number of benzene rings is 2. The van der Waals surface area contributed by atoms with E-state index in [2.05, 4.69) is 6.92 Å². The molecule has 0 fully saturated rings. The number of nitrogens with two attached hydrogens (primary N) is 1. The minimum Gasteiger partial charge on any atom is -0.457 e. The summed E-state index contributed by atoms with van der Waals surface area (Å²) in [6, 6.07) is 16.9. The van der Waals surface area contributed by atoms with E-state index in [1.54, 1.807) is 0 Å². The molecule has 0 saturated heterocycles. The summed E-state index contributed by atoms with van der Waals surface area (Å²) in [5.41, 5.74) is 7.02. The Hall–Kier alpha value is -1.55. The monoisotopic (exact) mass is 321 g/mol. The first-order valence-electron chi connectivity index (χ1n) is 7.47. The van der Waals surface area contributed by atoms with E-state index in [9.17, 15) is 5.11 Å². The van der Waals surface area contributed by atoms with Crippen LogP contribution >= 0.6 is 12.4 Å². The Labute approximate surface area is 138 Å². The molecule has 2 atom stereocenters. The molecular formula is C18H24ClNO2. The third kappa shape index (κ3) is 5.34. The second kappa shape index (κ2) is 9.46. The highest BCUT2D eigenvalue weighted by Gasteiger charge is 2.16. The van der Waals surface area contributed by atoms with Gasteiger partial charge in [-0.05, 0) is 36.2 Å². The van der Waals surface area contributed by atoms with Crippen LogP contribution in [0.25, 0.3) is 0 Å². The van der Waals surface area contributed by atoms with Crippen LogP contribution in [0.2, 0.25) is 0 Å². The largest absolute Gasteiger partial charge is 0.457 e. The number of aliphatic hydroxyl groups excluding tert-OH is 1. The summed E-state index contributed by atoms with van der Waals surface area (Å²) in [7, 11) is 0. The number of unbranched alkanes of at least 4 members (excludes halogenated alkanes) is 1. The summed E-state index contributed by atoms with van der Waals surface area (Å²) in [5.74, 6) is 1.57. The molecule has 0 heterocycles. The van der Waals surface area contributed by atoms with Crippen LogP contribution in [0.5, 0.6) is 11.5 Å². The van der Waals surface area contributed by atoms with Gasteiger partial charge in [-0.1, -0.05) is 50.1 Å². The van der Waals surface area contributed by atoms with E-state index < -0.39 is 6.10 Å². The Balaban J connectivity index is 0.00000242. The lowest BCUT2D eigenvalue weighted by Crippen LogP contribution is -2.25. The lowest BCUT2D eigenvalue weighted by molar-refractivity contribution is 0.132. The number of halogens is 1. The van der Waals surface area contributed by atoms with Crippen molar-refractivity contribution >= 4 is 12.4 Å². The highest BCUT2D eigenvalue weighted by atomic mass is 35.5. The summed E-state index contributed by atoms with van der Waals surface area (Å²) >= 11 is 0. The first kappa shape index (κ1) is 18.5. The summed E-state index contributed by atoms with van der Waals surface area (Å²) in [5, 5.41) is 10.1. The smallest absolute Gasteiger partial charge is 0.127 e. The molecule has 0 spiro atoms. The van der Waals surface area contributed by atoms with E-state index in [1.165, 1.54) is 0 Å². The van der Waals surface area contributed by atoms with Gasteiger partial charge in [0, 0.05) is 0 Å². The fourth-order valence-electron chi connectivity index (χ4n) is 2.20. The van der Waals surface area contributed by atoms with Crippen molar-refractivity contribution in [2.45, 2.75) is 38.3 Å². The van der Waals surface area contributed by atoms with Crippen LogP contribution in [0.3, 0.4) is 0 Å². The van der Waals surface area contributed by atoms with E-state index >= 15 is 0 Å². The minimum atomic E-state index is -0.495. The summed E-state index contributed by atoms with van der Waals surface area (Å²) in [4.78, 5) is 0. The van der Waals surface area contributed by atoms with Crippen LogP contribution < -0.4 is 10.5 Å². The minimum absolute atomic E-state index is 0. The van der Waals surface area contributed by atoms with Crippen molar-refractivity contribution in [3.05, 3.63) is 60.2 Å².